The molecule has 0 spiro atoms. The van der Waals surface area contributed by atoms with Gasteiger partial charge in [0.15, 0.2) is 0 Å². The molecule has 0 radical (unpaired) electrons. The molecule has 2 rings (SSSR count). The number of nitrogens with two attached hydrogens (primary N) is 1. The van der Waals surface area contributed by atoms with Crippen molar-refractivity contribution in [1.29, 1.82) is 5.26 Å². The molecule has 0 aliphatic rings. The summed E-state index contributed by atoms with van der Waals surface area (Å²) in [7, 11) is 0. The Morgan fingerprint density at radius 2 is 2.33 bits per heavy atom. The van der Waals surface area contributed by atoms with Gasteiger partial charge in [0.25, 0.3) is 5.91 Å². The van der Waals surface area contributed by atoms with Gasteiger partial charge in [-0.05, 0) is 18.4 Å². The van der Waals surface area contributed by atoms with E-state index >= 15 is 0 Å². The van der Waals surface area contributed by atoms with Crippen LogP contribution in [0.2, 0.25) is 0 Å². The summed E-state index contributed by atoms with van der Waals surface area (Å²) in [4.78, 5) is 11.9. The third-order valence-electron chi connectivity index (χ3n) is 2.45. The van der Waals surface area contributed by atoms with Crippen LogP contribution in [0.25, 0.3) is 5.69 Å². The molecule has 5 nitrogen and oxygen atoms in total. The van der Waals surface area contributed by atoms with Crippen LogP contribution < -0.4 is 5.73 Å². The number of carbonyl (C=O) groups is 1. The first-order valence-corrected chi connectivity index (χ1v) is 6.31. The third kappa shape index (κ3) is 2.08. The molecule has 0 aliphatic carbocycles. The van der Waals surface area contributed by atoms with Crippen LogP contribution in [0, 0.1) is 11.3 Å². The van der Waals surface area contributed by atoms with E-state index in [4.69, 9.17) is 5.73 Å². The Labute approximate surface area is 108 Å². The maximum absolute atomic E-state index is 11.0. The van der Waals surface area contributed by atoms with E-state index < -0.39 is 5.91 Å². The van der Waals surface area contributed by atoms with E-state index in [0.717, 1.165) is 4.90 Å². The van der Waals surface area contributed by atoms with Gasteiger partial charge >= 0.3 is 0 Å². The molecule has 0 atom stereocenters. The van der Waals surface area contributed by atoms with Crippen molar-refractivity contribution in [2.45, 2.75) is 4.90 Å². The molecule has 1 aromatic carbocycles. The molecule has 0 saturated heterocycles. The van der Waals surface area contributed by atoms with Crippen molar-refractivity contribution in [3.8, 4) is 11.8 Å². The summed E-state index contributed by atoms with van der Waals surface area (Å²) in [6.45, 7) is 0. The van der Waals surface area contributed by atoms with Gasteiger partial charge in [-0.15, -0.1) is 11.8 Å². The second-order valence-electron chi connectivity index (χ2n) is 3.50. The number of primary amides is 1. The van der Waals surface area contributed by atoms with Crippen LogP contribution in [0.5, 0.6) is 0 Å². The molecule has 90 valence electrons. The van der Waals surface area contributed by atoms with Gasteiger partial charge in [0, 0.05) is 11.1 Å². The molecular formula is C12H10N4OS. The quantitative estimate of drug-likeness (QED) is 0.847. The van der Waals surface area contributed by atoms with Crippen molar-refractivity contribution in [2.24, 2.45) is 5.73 Å². The lowest BCUT2D eigenvalue weighted by Gasteiger charge is -2.07. The van der Waals surface area contributed by atoms with Crippen LogP contribution in [-0.2, 0) is 0 Å². The lowest BCUT2D eigenvalue weighted by Crippen LogP contribution is -2.09. The molecule has 0 aliphatic heterocycles. The first kappa shape index (κ1) is 12.2. The summed E-state index contributed by atoms with van der Waals surface area (Å²) >= 11 is 1.49. The fourth-order valence-corrected chi connectivity index (χ4v) is 2.14. The van der Waals surface area contributed by atoms with Crippen LogP contribution in [0.1, 0.15) is 15.9 Å². The predicted molar refractivity (Wildman–Crippen MR) is 68.6 cm³/mol. The SMILES string of the molecule is CSc1cccc(-n2cc(C(N)=O)cn2)c1C#N. The number of carbonyl (C=O) groups excluding carboxylic acids is 1. The zero-order valence-electron chi connectivity index (χ0n) is 9.62. The second-order valence-corrected chi connectivity index (χ2v) is 4.35. The Morgan fingerprint density at radius 1 is 1.56 bits per heavy atom. The van der Waals surface area contributed by atoms with Gasteiger partial charge in [-0.25, -0.2) is 4.68 Å². The molecule has 1 amide bonds. The standard InChI is InChI=1S/C12H10N4OS/c1-18-11-4-2-3-10(9(11)5-13)16-7-8(6-15-16)12(14)17/h2-4,6-7H,1H3,(H2,14,17). The molecular weight excluding hydrogens is 248 g/mol. The highest BCUT2D eigenvalue weighted by atomic mass is 32.2. The normalized spacial score (nSPS) is 10.0. The van der Waals surface area contributed by atoms with Crippen molar-refractivity contribution >= 4 is 17.7 Å². The monoisotopic (exact) mass is 258 g/mol. The molecule has 18 heavy (non-hydrogen) atoms. The number of aromatic nitrogens is 2. The number of thioether (sulfide) groups is 1. The minimum Gasteiger partial charge on any atom is -0.366 e. The average molecular weight is 258 g/mol. The van der Waals surface area contributed by atoms with Crippen molar-refractivity contribution in [2.75, 3.05) is 6.26 Å². The highest BCUT2D eigenvalue weighted by molar-refractivity contribution is 7.98. The summed E-state index contributed by atoms with van der Waals surface area (Å²) in [5.74, 6) is -0.541. The van der Waals surface area contributed by atoms with Crippen LogP contribution in [0.4, 0.5) is 0 Å². The highest BCUT2D eigenvalue weighted by Crippen LogP contribution is 2.25. The van der Waals surface area contributed by atoms with E-state index in [9.17, 15) is 10.1 Å². The number of nitrogens with zero attached hydrogens (tertiary/aromatic N) is 3. The van der Waals surface area contributed by atoms with E-state index in [2.05, 4.69) is 11.2 Å². The number of hydrogen-bond acceptors (Lipinski definition) is 4. The number of benzene rings is 1. The number of amides is 1. The van der Waals surface area contributed by atoms with E-state index in [1.807, 2.05) is 18.4 Å². The van der Waals surface area contributed by atoms with Gasteiger partial charge < -0.3 is 5.73 Å². The van der Waals surface area contributed by atoms with Gasteiger partial charge in [-0.2, -0.15) is 10.4 Å². The predicted octanol–water partition coefficient (Wildman–Crippen LogP) is 1.56. The summed E-state index contributed by atoms with van der Waals surface area (Å²) in [5.41, 5.74) is 6.65. The molecule has 0 unspecified atom stereocenters. The number of rotatable bonds is 3. The van der Waals surface area contributed by atoms with Gasteiger partial charge in [-0.1, -0.05) is 6.07 Å². The molecule has 0 saturated carbocycles. The minimum absolute atomic E-state index is 0.313. The van der Waals surface area contributed by atoms with E-state index in [1.54, 1.807) is 6.07 Å². The molecule has 6 heteroatoms. The molecule has 0 bridgehead atoms. The Kier molecular flexibility index (Phi) is 3.35. The molecule has 1 aromatic heterocycles. The summed E-state index contributed by atoms with van der Waals surface area (Å²) in [6.07, 6.45) is 4.80. The second kappa shape index (κ2) is 4.94. The molecule has 2 aromatic rings. The average Bonchev–Trinajstić information content (AvgIpc) is 2.87. The van der Waals surface area contributed by atoms with Crippen LogP contribution in [0.3, 0.4) is 0 Å². The van der Waals surface area contributed by atoms with Crippen LogP contribution in [0.15, 0.2) is 35.5 Å². The highest BCUT2D eigenvalue weighted by Gasteiger charge is 2.11. The molecule has 0 fully saturated rings. The van der Waals surface area contributed by atoms with Crippen molar-refractivity contribution in [3.63, 3.8) is 0 Å². The summed E-state index contributed by atoms with van der Waals surface area (Å²) in [6, 6.07) is 7.64. The van der Waals surface area contributed by atoms with Crippen LogP contribution >= 0.6 is 11.8 Å². The molecule has 2 N–H and O–H groups in total. The van der Waals surface area contributed by atoms with Crippen molar-refractivity contribution < 1.29 is 4.79 Å². The number of nitriles is 1. The Hall–Kier alpha value is -2.26. The minimum atomic E-state index is -0.541. The Bertz CT molecular complexity index is 642. The smallest absolute Gasteiger partial charge is 0.251 e. The lowest BCUT2D eigenvalue weighted by atomic mass is 10.2. The molecule has 1 heterocycles. The van der Waals surface area contributed by atoms with Gasteiger partial charge in [0.05, 0.1) is 23.0 Å². The zero-order chi connectivity index (χ0) is 13.1. The third-order valence-corrected chi connectivity index (χ3v) is 3.23. The summed E-state index contributed by atoms with van der Waals surface area (Å²) < 4.78 is 1.48. The van der Waals surface area contributed by atoms with Crippen molar-refractivity contribution in [3.05, 3.63) is 41.7 Å². The topological polar surface area (TPSA) is 84.7 Å². The zero-order valence-corrected chi connectivity index (χ0v) is 10.4. The summed E-state index contributed by atoms with van der Waals surface area (Å²) in [5, 5.41) is 13.3. The fourth-order valence-electron chi connectivity index (χ4n) is 1.57. The maximum atomic E-state index is 11.0. The lowest BCUT2D eigenvalue weighted by molar-refractivity contribution is 0.100. The number of hydrogen-bond donors (Lipinski definition) is 1. The van der Waals surface area contributed by atoms with E-state index in [0.29, 0.717) is 16.8 Å². The fraction of sp³-hybridized carbons (Fsp3) is 0.0833. The van der Waals surface area contributed by atoms with Gasteiger partial charge in [0.2, 0.25) is 0 Å². The van der Waals surface area contributed by atoms with Gasteiger partial charge in [0.1, 0.15) is 6.07 Å². The van der Waals surface area contributed by atoms with E-state index in [-0.39, 0.29) is 0 Å². The largest absolute Gasteiger partial charge is 0.366 e. The van der Waals surface area contributed by atoms with Gasteiger partial charge in [-0.3, -0.25) is 4.79 Å². The van der Waals surface area contributed by atoms with Crippen LogP contribution in [-0.4, -0.2) is 21.9 Å². The maximum Gasteiger partial charge on any atom is 0.251 e. The van der Waals surface area contributed by atoms with Crippen molar-refractivity contribution in [1.82, 2.24) is 9.78 Å². The first-order valence-electron chi connectivity index (χ1n) is 5.09. The van der Waals surface area contributed by atoms with E-state index in [1.165, 1.54) is 28.8 Å². The Morgan fingerprint density at radius 3 is 2.89 bits per heavy atom. The Balaban J connectivity index is 2.57. The first-order chi connectivity index (χ1) is 8.67.